The largest absolute Gasteiger partial charge is 0.401 e. The SMILES string of the molecule is Fc1ccc(F)c(CNCC(F)(F)F)c1. The van der Waals surface area contributed by atoms with Crippen molar-refractivity contribution in [3.63, 3.8) is 0 Å². The average Bonchev–Trinajstić information content (AvgIpc) is 2.09. The zero-order chi connectivity index (χ0) is 11.5. The van der Waals surface area contributed by atoms with Gasteiger partial charge in [0.1, 0.15) is 11.6 Å². The molecule has 1 nitrogen and oxygen atoms in total. The van der Waals surface area contributed by atoms with Gasteiger partial charge in [0.15, 0.2) is 0 Å². The van der Waals surface area contributed by atoms with Crippen molar-refractivity contribution >= 4 is 0 Å². The Morgan fingerprint density at radius 2 is 1.80 bits per heavy atom. The molecule has 0 aliphatic carbocycles. The van der Waals surface area contributed by atoms with Crippen LogP contribution in [0.4, 0.5) is 22.0 Å². The van der Waals surface area contributed by atoms with Gasteiger partial charge >= 0.3 is 6.18 Å². The van der Waals surface area contributed by atoms with Crippen molar-refractivity contribution in [1.82, 2.24) is 5.32 Å². The summed E-state index contributed by atoms with van der Waals surface area (Å²) in [5.41, 5.74) is -0.126. The third-order valence-corrected chi connectivity index (χ3v) is 1.65. The predicted octanol–water partition coefficient (Wildman–Crippen LogP) is 2.62. The summed E-state index contributed by atoms with van der Waals surface area (Å²) < 4.78 is 60.6. The van der Waals surface area contributed by atoms with E-state index in [0.717, 1.165) is 18.2 Å². The Kier molecular flexibility index (Phi) is 3.62. The van der Waals surface area contributed by atoms with Crippen LogP contribution in [-0.2, 0) is 6.54 Å². The van der Waals surface area contributed by atoms with Crippen molar-refractivity contribution in [3.05, 3.63) is 35.4 Å². The summed E-state index contributed by atoms with van der Waals surface area (Å²) >= 11 is 0. The highest BCUT2D eigenvalue weighted by Gasteiger charge is 2.26. The van der Waals surface area contributed by atoms with Gasteiger partial charge in [-0.05, 0) is 18.2 Å². The van der Waals surface area contributed by atoms with E-state index in [1.165, 1.54) is 0 Å². The number of halogens is 5. The second-order valence-corrected chi connectivity index (χ2v) is 2.95. The van der Waals surface area contributed by atoms with E-state index in [0.29, 0.717) is 0 Å². The minimum Gasteiger partial charge on any atom is -0.304 e. The average molecular weight is 225 g/mol. The van der Waals surface area contributed by atoms with Gasteiger partial charge in [0, 0.05) is 12.1 Å². The summed E-state index contributed by atoms with van der Waals surface area (Å²) in [6.45, 7) is -1.59. The van der Waals surface area contributed by atoms with Crippen molar-refractivity contribution in [2.75, 3.05) is 6.54 Å². The standard InChI is InChI=1S/C9H8F5N/c10-7-1-2-8(11)6(3-7)4-15-5-9(12,13)14/h1-3,15H,4-5H2. The molecule has 0 saturated carbocycles. The van der Waals surface area contributed by atoms with Crippen molar-refractivity contribution in [3.8, 4) is 0 Å². The smallest absolute Gasteiger partial charge is 0.304 e. The fraction of sp³-hybridized carbons (Fsp3) is 0.333. The summed E-state index contributed by atoms with van der Waals surface area (Å²) in [5, 5.41) is 1.98. The quantitative estimate of drug-likeness (QED) is 0.779. The fourth-order valence-corrected chi connectivity index (χ4v) is 1.02. The molecular formula is C9H8F5N. The van der Waals surface area contributed by atoms with E-state index in [1.54, 1.807) is 0 Å². The number of hydrogen-bond donors (Lipinski definition) is 1. The van der Waals surface area contributed by atoms with Crippen molar-refractivity contribution in [2.24, 2.45) is 0 Å². The molecule has 0 bridgehead atoms. The van der Waals surface area contributed by atoms with Crippen LogP contribution >= 0.6 is 0 Å². The Hall–Kier alpha value is -1.17. The van der Waals surface area contributed by atoms with Gasteiger partial charge in [0.25, 0.3) is 0 Å². The van der Waals surface area contributed by atoms with Gasteiger partial charge in [0.05, 0.1) is 6.54 Å². The highest BCUT2D eigenvalue weighted by Crippen LogP contribution is 2.13. The molecule has 0 saturated heterocycles. The van der Waals surface area contributed by atoms with Crippen LogP contribution in [0.2, 0.25) is 0 Å². The second-order valence-electron chi connectivity index (χ2n) is 2.95. The number of rotatable bonds is 3. The predicted molar refractivity (Wildman–Crippen MR) is 44.1 cm³/mol. The highest BCUT2D eigenvalue weighted by atomic mass is 19.4. The first-order chi connectivity index (χ1) is 6.88. The molecule has 1 aromatic carbocycles. The highest BCUT2D eigenvalue weighted by molar-refractivity contribution is 5.18. The molecule has 1 aromatic rings. The topological polar surface area (TPSA) is 12.0 Å². The van der Waals surface area contributed by atoms with Crippen LogP contribution in [-0.4, -0.2) is 12.7 Å². The van der Waals surface area contributed by atoms with Crippen LogP contribution in [0.3, 0.4) is 0 Å². The lowest BCUT2D eigenvalue weighted by atomic mass is 10.2. The second kappa shape index (κ2) is 4.57. The van der Waals surface area contributed by atoms with Gasteiger partial charge in [0.2, 0.25) is 0 Å². The molecule has 0 aliphatic heterocycles. The molecular weight excluding hydrogens is 217 g/mol. The van der Waals surface area contributed by atoms with Gasteiger partial charge in [-0.2, -0.15) is 13.2 Å². The van der Waals surface area contributed by atoms with Crippen molar-refractivity contribution in [2.45, 2.75) is 12.7 Å². The minimum absolute atomic E-state index is 0.126. The molecule has 0 radical (unpaired) electrons. The Morgan fingerprint density at radius 3 is 2.40 bits per heavy atom. The molecule has 0 amide bonds. The fourth-order valence-electron chi connectivity index (χ4n) is 1.02. The van der Waals surface area contributed by atoms with E-state index in [2.05, 4.69) is 0 Å². The summed E-state index contributed by atoms with van der Waals surface area (Å²) in [4.78, 5) is 0. The number of hydrogen-bond acceptors (Lipinski definition) is 1. The van der Waals surface area contributed by atoms with Crippen LogP contribution in [0.5, 0.6) is 0 Å². The molecule has 6 heteroatoms. The number of nitrogens with one attached hydrogen (secondary N) is 1. The van der Waals surface area contributed by atoms with Gasteiger partial charge in [-0.15, -0.1) is 0 Å². The van der Waals surface area contributed by atoms with E-state index in [1.807, 2.05) is 5.32 Å². The molecule has 0 aliphatic rings. The van der Waals surface area contributed by atoms with E-state index in [4.69, 9.17) is 0 Å². The summed E-state index contributed by atoms with van der Waals surface area (Å²) in [7, 11) is 0. The van der Waals surface area contributed by atoms with Gasteiger partial charge in [-0.1, -0.05) is 0 Å². The molecule has 0 unspecified atom stereocenters. The lowest BCUT2D eigenvalue weighted by molar-refractivity contribution is -0.125. The maximum Gasteiger partial charge on any atom is 0.401 e. The molecule has 84 valence electrons. The maximum atomic E-state index is 12.9. The molecule has 0 spiro atoms. The first-order valence-corrected chi connectivity index (χ1v) is 4.10. The van der Waals surface area contributed by atoms with Crippen molar-refractivity contribution in [1.29, 1.82) is 0 Å². The first-order valence-electron chi connectivity index (χ1n) is 4.10. The molecule has 0 fully saturated rings. The lowest BCUT2D eigenvalue weighted by Gasteiger charge is -2.08. The normalized spacial score (nSPS) is 11.8. The Balaban J connectivity index is 2.54. The first kappa shape index (κ1) is 11.9. The van der Waals surface area contributed by atoms with Crippen LogP contribution in [0.15, 0.2) is 18.2 Å². The minimum atomic E-state index is -4.36. The molecule has 0 heterocycles. The van der Waals surface area contributed by atoms with E-state index in [9.17, 15) is 22.0 Å². The van der Waals surface area contributed by atoms with Crippen molar-refractivity contribution < 1.29 is 22.0 Å². The molecule has 1 N–H and O–H groups in total. The summed E-state index contributed by atoms with van der Waals surface area (Å²) in [6.07, 6.45) is -4.36. The van der Waals surface area contributed by atoms with Gasteiger partial charge < -0.3 is 5.32 Å². The van der Waals surface area contributed by atoms with Crippen LogP contribution in [0.25, 0.3) is 0 Å². The zero-order valence-corrected chi connectivity index (χ0v) is 7.54. The zero-order valence-electron chi connectivity index (χ0n) is 7.54. The number of alkyl halides is 3. The Morgan fingerprint density at radius 1 is 1.13 bits per heavy atom. The monoisotopic (exact) mass is 225 g/mol. The van der Waals surface area contributed by atoms with Gasteiger partial charge in [-0.25, -0.2) is 8.78 Å². The van der Waals surface area contributed by atoms with Crippen LogP contribution in [0.1, 0.15) is 5.56 Å². The van der Waals surface area contributed by atoms with Crippen LogP contribution < -0.4 is 5.32 Å². The molecule has 0 aromatic heterocycles. The van der Waals surface area contributed by atoms with Crippen LogP contribution in [0, 0.1) is 11.6 Å². The molecule has 1 rings (SSSR count). The Bertz CT molecular complexity index is 334. The summed E-state index contributed by atoms with van der Waals surface area (Å²) in [6, 6.07) is 2.64. The van der Waals surface area contributed by atoms with E-state index >= 15 is 0 Å². The number of benzene rings is 1. The Labute approximate surface area is 82.9 Å². The van der Waals surface area contributed by atoms with E-state index < -0.39 is 24.4 Å². The third-order valence-electron chi connectivity index (χ3n) is 1.65. The maximum absolute atomic E-state index is 12.9. The van der Waals surface area contributed by atoms with E-state index in [-0.39, 0.29) is 12.1 Å². The molecule has 15 heavy (non-hydrogen) atoms. The molecule has 0 atom stereocenters. The van der Waals surface area contributed by atoms with Gasteiger partial charge in [-0.3, -0.25) is 0 Å². The third kappa shape index (κ3) is 4.24. The lowest BCUT2D eigenvalue weighted by Crippen LogP contribution is -2.28. The summed E-state index contributed by atoms with van der Waals surface area (Å²) in [5.74, 6) is -1.41.